The quantitative estimate of drug-likeness (QED) is 0.729. The second-order valence-corrected chi connectivity index (χ2v) is 6.86. The molecule has 0 bridgehead atoms. The van der Waals surface area contributed by atoms with Crippen molar-refractivity contribution in [1.29, 1.82) is 0 Å². The minimum Gasteiger partial charge on any atom is -0.454 e. The number of fused-ring (bicyclic) bond motifs is 1. The third-order valence-corrected chi connectivity index (χ3v) is 5.04. The number of rotatable bonds is 4. The van der Waals surface area contributed by atoms with Crippen LogP contribution in [0.2, 0.25) is 0 Å². The third kappa shape index (κ3) is 3.61. The van der Waals surface area contributed by atoms with Gasteiger partial charge in [0.1, 0.15) is 11.6 Å². The molecular weight excluding hydrogens is 373 g/mol. The molecule has 0 unspecified atom stereocenters. The second kappa shape index (κ2) is 7.46. The van der Waals surface area contributed by atoms with E-state index in [4.69, 9.17) is 9.47 Å². The molecule has 29 heavy (non-hydrogen) atoms. The van der Waals surface area contributed by atoms with Crippen LogP contribution in [0.25, 0.3) is 0 Å². The summed E-state index contributed by atoms with van der Waals surface area (Å²) in [7, 11) is 0. The summed E-state index contributed by atoms with van der Waals surface area (Å²) in [5.41, 5.74) is 1.51. The highest BCUT2D eigenvalue weighted by molar-refractivity contribution is 5.62. The first-order chi connectivity index (χ1) is 14.3. The highest BCUT2D eigenvalue weighted by Crippen LogP contribution is 2.35. The number of benzene rings is 2. The van der Waals surface area contributed by atoms with Crippen molar-refractivity contribution in [2.24, 2.45) is 0 Å². The predicted molar refractivity (Wildman–Crippen MR) is 109 cm³/mol. The smallest absolute Gasteiger partial charge is 0.231 e. The van der Waals surface area contributed by atoms with Gasteiger partial charge < -0.3 is 24.6 Å². The van der Waals surface area contributed by atoms with E-state index in [-0.39, 0.29) is 12.6 Å². The SMILES string of the molecule is Fc1ccccc1N1CCN(c2nccc(Nc3ccc4c(c3)OCO4)n2)CC1. The molecule has 0 radical (unpaired) electrons. The van der Waals surface area contributed by atoms with Crippen LogP contribution in [-0.2, 0) is 0 Å². The largest absolute Gasteiger partial charge is 0.454 e. The summed E-state index contributed by atoms with van der Waals surface area (Å²) in [5, 5.41) is 3.28. The maximum absolute atomic E-state index is 14.0. The fraction of sp³-hybridized carbons (Fsp3) is 0.238. The van der Waals surface area contributed by atoms with Crippen LogP contribution in [0.5, 0.6) is 11.5 Å². The fourth-order valence-electron chi connectivity index (χ4n) is 3.55. The van der Waals surface area contributed by atoms with Crippen LogP contribution in [0.4, 0.5) is 27.5 Å². The van der Waals surface area contributed by atoms with Gasteiger partial charge in [-0.25, -0.2) is 9.37 Å². The standard InChI is InChI=1S/C21H20FN5O2/c22-16-3-1-2-4-17(16)26-9-11-27(12-10-26)21-23-8-7-20(25-21)24-15-5-6-18-19(13-15)29-14-28-18/h1-8,13H,9-12,14H2,(H,23,24,25). The van der Waals surface area contributed by atoms with Crippen molar-refractivity contribution in [1.82, 2.24) is 9.97 Å². The van der Waals surface area contributed by atoms with E-state index in [2.05, 4.69) is 25.1 Å². The third-order valence-electron chi connectivity index (χ3n) is 5.04. The van der Waals surface area contributed by atoms with E-state index in [0.29, 0.717) is 36.3 Å². The average molecular weight is 393 g/mol. The molecule has 8 heteroatoms. The van der Waals surface area contributed by atoms with Crippen LogP contribution in [-0.4, -0.2) is 42.9 Å². The van der Waals surface area contributed by atoms with Crippen molar-refractivity contribution in [3.05, 3.63) is 60.5 Å². The first-order valence-electron chi connectivity index (χ1n) is 9.50. The molecule has 1 fully saturated rings. The van der Waals surface area contributed by atoms with Crippen molar-refractivity contribution in [2.45, 2.75) is 0 Å². The molecule has 1 aromatic heterocycles. The van der Waals surface area contributed by atoms with Gasteiger partial charge in [0.25, 0.3) is 0 Å². The van der Waals surface area contributed by atoms with Crippen LogP contribution in [0.15, 0.2) is 54.7 Å². The molecule has 3 heterocycles. The van der Waals surface area contributed by atoms with E-state index < -0.39 is 0 Å². The molecule has 7 nitrogen and oxygen atoms in total. The van der Waals surface area contributed by atoms with Crippen LogP contribution >= 0.6 is 0 Å². The number of ether oxygens (including phenoxy) is 2. The van der Waals surface area contributed by atoms with Crippen LogP contribution in [0.1, 0.15) is 0 Å². The van der Waals surface area contributed by atoms with Crippen LogP contribution in [0, 0.1) is 5.82 Å². The van der Waals surface area contributed by atoms with E-state index >= 15 is 0 Å². The number of hydrogen-bond donors (Lipinski definition) is 1. The normalized spacial score (nSPS) is 15.5. The first-order valence-corrected chi connectivity index (χ1v) is 9.50. The van der Waals surface area contributed by atoms with Gasteiger partial charge in [0.05, 0.1) is 5.69 Å². The topological polar surface area (TPSA) is 62.8 Å². The van der Waals surface area contributed by atoms with E-state index in [1.807, 2.05) is 36.4 Å². The lowest BCUT2D eigenvalue weighted by atomic mass is 10.2. The van der Waals surface area contributed by atoms with Gasteiger partial charge in [-0.15, -0.1) is 0 Å². The number of halogens is 1. The van der Waals surface area contributed by atoms with E-state index in [0.717, 1.165) is 24.5 Å². The minimum atomic E-state index is -0.188. The Hall–Kier alpha value is -3.55. The van der Waals surface area contributed by atoms with Crippen molar-refractivity contribution in [3.8, 4) is 11.5 Å². The predicted octanol–water partition coefficient (Wildman–Crippen LogP) is 3.41. The Morgan fingerprint density at radius 1 is 0.897 bits per heavy atom. The molecular formula is C21H20FN5O2. The lowest BCUT2D eigenvalue weighted by molar-refractivity contribution is 0.174. The van der Waals surface area contributed by atoms with Crippen molar-refractivity contribution in [3.63, 3.8) is 0 Å². The summed E-state index contributed by atoms with van der Waals surface area (Å²) in [6, 6.07) is 14.4. The van der Waals surface area contributed by atoms with Gasteiger partial charge >= 0.3 is 0 Å². The number of para-hydroxylation sites is 1. The van der Waals surface area contributed by atoms with Crippen molar-refractivity contribution >= 4 is 23.1 Å². The summed E-state index contributed by atoms with van der Waals surface area (Å²) in [6.07, 6.45) is 1.74. The number of nitrogens with one attached hydrogen (secondary N) is 1. The molecule has 2 aliphatic heterocycles. The number of hydrogen-bond acceptors (Lipinski definition) is 7. The van der Waals surface area contributed by atoms with E-state index in [1.165, 1.54) is 6.07 Å². The molecule has 1 N–H and O–H groups in total. The van der Waals surface area contributed by atoms with Crippen molar-refractivity contribution < 1.29 is 13.9 Å². The number of nitrogens with zero attached hydrogens (tertiary/aromatic N) is 4. The first kappa shape index (κ1) is 17.5. The average Bonchev–Trinajstić information content (AvgIpc) is 3.22. The Morgan fingerprint density at radius 2 is 1.69 bits per heavy atom. The molecule has 0 aliphatic carbocycles. The Labute approximate surface area is 167 Å². The van der Waals surface area contributed by atoms with Gasteiger partial charge in [-0.2, -0.15) is 4.98 Å². The van der Waals surface area contributed by atoms with Crippen LogP contribution in [0.3, 0.4) is 0 Å². The van der Waals surface area contributed by atoms with E-state index in [1.54, 1.807) is 12.3 Å². The lowest BCUT2D eigenvalue weighted by Crippen LogP contribution is -2.47. The summed E-state index contributed by atoms with van der Waals surface area (Å²) >= 11 is 0. The molecule has 0 saturated carbocycles. The molecule has 3 aromatic rings. The zero-order chi connectivity index (χ0) is 19.6. The molecule has 2 aromatic carbocycles. The lowest BCUT2D eigenvalue weighted by Gasteiger charge is -2.36. The van der Waals surface area contributed by atoms with E-state index in [9.17, 15) is 4.39 Å². The zero-order valence-electron chi connectivity index (χ0n) is 15.7. The maximum Gasteiger partial charge on any atom is 0.231 e. The van der Waals surface area contributed by atoms with Gasteiger partial charge in [0, 0.05) is 44.1 Å². The molecule has 148 valence electrons. The van der Waals surface area contributed by atoms with Gasteiger partial charge in [-0.3, -0.25) is 0 Å². The number of anilines is 4. The fourth-order valence-corrected chi connectivity index (χ4v) is 3.55. The highest BCUT2D eigenvalue weighted by atomic mass is 19.1. The molecule has 0 atom stereocenters. The minimum absolute atomic E-state index is 0.188. The molecule has 1 saturated heterocycles. The van der Waals surface area contributed by atoms with Gasteiger partial charge in [-0.1, -0.05) is 12.1 Å². The van der Waals surface area contributed by atoms with Crippen molar-refractivity contribution in [2.75, 3.05) is 48.1 Å². The monoisotopic (exact) mass is 393 g/mol. The zero-order valence-corrected chi connectivity index (χ0v) is 15.7. The Balaban J connectivity index is 1.26. The summed E-state index contributed by atoms with van der Waals surface area (Å²) < 4.78 is 24.8. The second-order valence-electron chi connectivity index (χ2n) is 6.86. The summed E-state index contributed by atoms with van der Waals surface area (Å²) in [6.45, 7) is 3.12. The maximum atomic E-state index is 14.0. The summed E-state index contributed by atoms with van der Waals surface area (Å²) in [5.74, 6) is 2.63. The Kier molecular flexibility index (Phi) is 4.51. The Morgan fingerprint density at radius 3 is 2.55 bits per heavy atom. The summed E-state index contributed by atoms with van der Waals surface area (Å²) in [4.78, 5) is 13.2. The van der Waals surface area contributed by atoms with Gasteiger partial charge in [-0.05, 0) is 30.3 Å². The van der Waals surface area contributed by atoms with Crippen LogP contribution < -0.4 is 24.6 Å². The highest BCUT2D eigenvalue weighted by Gasteiger charge is 2.21. The molecule has 0 amide bonds. The molecule has 5 rings (SSSR count). The van der Waals surface area contributed by atoms with Gasteiger partial charge in [0.15, 0.2) is 11.5 Å². The Bertz CT molecular complexity index is 1020. The molecule has 0 spiro atoms. The molecule has 2 aliphatic rings. The van der Waals surface area contributed by atoms with Gasteiger partial charge in [0.2, 0.25) is 12.7 Å². The number of piperazine rings is 1. The number of aromatic nitrogens is 2.